The van der Waals surface area contributed by atoms with Gasteiger partial charge in [-0.15, -0.1) is 0 Å². The minimum absolute atomic E-state index is 0.0850. The first-order valence-electron chi connectivity index (χ1n) is 6.28. The van der Waals surface area contributed by atoms with Crippen LogP contribution in [0.2, 0.25) is 0 Å². The smallest absolute Gasteiger partial charge is 0.324 e. The fourth-order valence-electron chi connectivity index (χ4n) is 2.55. The first-order chi connectivity index (χ1) is 8.75. The minimum atomic E-state index is 0.0850. The molecule has 1 aromatic rings. The van der Waals surface area contributed by atoms with Crippen molar-refractivity contribution < 1.29 is 9.53 Å². The summed E-state index contributed by atoms with van der Waals surface area (Å²) < 4.78 is 5.27. The number of nitrogens with two attached hydrogens (primary N) is 1. The Hall–Kier alpha value is -1.75. The lowest BCUT2D eigenvalue weighted by Gasteiger charge is -2.31. The lowest BCUT2D eigenvalue weighted by Crippen LogP contribution is -2.47. The fraction of sp³-hybridized carbons (Fsp3) is 0.462. The number of anilines is 2. The van der Waals surface area contributed by atoms with Gasteiger partial charge in [-0.25, -0.2) is 4.79 Å². The van der Waals surface area contributed by atoms with Crippen LogP contribution < -0.4 is 10.6 Å². The van der Waals surface area contributed by atoms with Gasteiger partial charge < -0.3 is 15.4 Å². The molecule has 2 aliphatic rings. The van der Waals surface area contributed by atoms with Gasteiger partial charge in [-0.2, -0.15) is 0 Å². The summed E-state index contributed by atoms with van der Waals surface area (Å²) in [5.74, 6) is 0. The molecule has 0 aromatic heterocycles. The van der Waals surface area contributed by atoms with Crippen molar-refractivity contribution in [3.63, 3.8) is 0 Å². The Labute approximate surface area is 106 Å². The largest absolute Gasteiger partial charge is 0.399 e. The van der Waals surface area contributed by atoms with Crippen LogP contribution in [0.3, 0.4) is 0 Å². The molecular weight excluding hydrogens is 230 g/mol. The molecule has 0 radical (unpaired) electrons. The van der Waals surface area contributed by atoms with E-state index in [1.54, 1.807) is 0 Å². The number of nitrogen functional groups attached to an aromatic ring is 1. The van der Waals surface area contributed by atoms with E-state index in [1.807, 2.05) is 28.0 Å². The first-order valence-corrected chi connectivity index (χ1v) is 6.28. The van der Waals surface area contributed by atoms with Crippen LogP contribution in [0.15, 0.2) is 18.2 Å². The number of hydrogen-bond donors (Lipinski definition) is 1. The van der Waals surface area contributed by atoms with Crippen molar-refractivity contribution in [3.05, 3.63) is 23.8 Å². The van der Waals surface area contributed by atoms with Crippen molar-refractivity contribution in [2.45, 2.75) is 6.42 Å². The number of benzene rings is 1. The molecule has 2 heterocycles. The topological polar surface area (TPSA) is 58.8 Å². The minimum Gasteiger partial charge on any atom is -0.399 e. The average Bonchev–Trinajstić information content (AvgIpc) is 2.81. The van der Waals surface area contributed by atoms with E-state index in [1.165, 1.54) is 0 Å². The molecule has 0 atom stereocenters. The van der Waals surface area contributed by atoms with Crippen molar-refractivity contribution in [1.82, 2.24) is 4.90 Å². The zero-order valence-electron chi connectivity index (χ0n) is 10.3. The van der Waals surface area contributed by atoms with Gasteiger partial charge in [0.25, 0.3) is 0 Å². The van der Waals surface area contributed by atoms with Crippen LogP contribution in [-0.4, -0.2) is 43.8 Å². The highest BCUT2D eigenvalue weighted by Crippen LogP contribution is 2.30. The van der Waals surface area contributed by atoms with E-state index in [2.05, 4.69) is 0 Å². The van der Waals surface area contributed by atoms with Crippen LogP contribution >= 0.6 is 0 Å². The zero-order chi connectivity index (χ0) is 12.5. The predicted octanol–water partition coefficient (Wildman–Crippen LogP) is 1.08. The summed E-state index contributed by atoms with van der Waals surface area (Å²) in [6.45, 7) is 3.37. The number of carbonyl (C=O) groups excluding carboxylic acids is 1. The van der Waals surface area contributed by atoms with Gasteiger partial charge >= 0.3 is 6.03 Å². The van der Waals surface area contributed by atoms with Gasteiger partial charge in [0.1, 0.15) is 0 Å². The third-order valence-corrected chi connectivity index (χ3v) is 3.51. The summed E-state index contributed by atoms with van der Waals surface area (Å²) in [7, 11) is 0. The summed E-state index contributed by atoms with van der Waals surface area (Å²) in [5, 5.41) is 0. The Morgan fingerprint density at radius 1 is 1.22 bits per heavy atom. The number of carbonyl (C=O) groups is 1. The second-order valence-electron chi connectivity index (χ2n) is 4.67. The lowest BCUT2D eigenvalue weighted by molar-refractivity contribution is 0.0550. The zero-order valence-corrected chi connectivity index (χ0v) is 10.3. The van der Waals surface area contributed by atoms with Gasteiger partial charge in [0, 0.05) is 31.0 Å². The molecule has 2 aliphatic heterocycles. The molecule has 0 saturated carbocycles. The molecule has 18 heavy (non-hydrogen) atoms. The summed E-state index contributed by atoms with van der Waals surface area (Å²) >= 11 is 0. The van der Waals surface area contributed by atoms with Crippen LogP contribution in [0, 0.1) is 0 Å². The van der Waals surface area contributed by atoms with E-state index in [0.717, 1.165) is 29.9 Å². The van der Waals surface area contributed by atoms with Gasteiger partial charge in [-0.05, 0) is 30.2 Å². The molecule has 5 nitrogen and oxygen atoms in total. The Kier molecular flexibility index (Phi) is 2.83. The molecule has 0 aliphatic carbocycles. The number of morpholine rings is 1. The number of hydrogen-bond acceptors (Lipinski definition) is 3. The highest BCUT2D eigenvalue weighted by atomic mass is 16.5. The maximum absolute atomic E-state index is 12.4. The number of nitrogens with zero attached hydrogens (tertiary/aromatic N) is 2. The van der Waals surface area contributed by atoms with Crippen molar-refractivity contribution in [3.8, 4) is 0 Å². The van der Waals surface area contributed by atoms with E-state index >= 15 is 0 Å². The quantitative estimate of drug-likeness (QED) is 0.698. The maximum atomic E-state index is 12.4. The number of rotatable bonds is 0. The van der Waals surface area contributed by atoms with E-state index < -0.39 is 0 Å². The van der Waals surface area contributed by atoms with Gasteiger partial charge in [-0.1, -0.05) is 0 Å². The van der Waals surface area contributed by atoms with Crippen LogP contribution in [0.5, 0.6) is 0 Å². The number of amides is 2. The number of urea groups is 1. The predicted molar refractivity (Wildman–Crippen MR) is 69.7 cm³/mol. The van der Waals surface area contributed by atoms with Crippen LogP contribution in [0.4, 0.5) is 16.2 Å². The molecule has 1 saturated heterocycles. The van der Waals surface area contributed by atoms with Crippen LogP contribution in [0.1, 0.15) is 5.56 Å². The molecule has 0 spiro atoms. The Balaban J connectivity index is 1.80. The second kappa shape index (κ2) is 4.49. The monoisotopic (exact) mass is 247 g/mol. The third kappa shape index (κ3) is 1.90. The Morgan fingerprint density at radius 3 is 2.78 bits per heavy atom. The molecule has 0 unspecified atom stereocenters. The summed E-state index contributed by atoms with van der Waals surface area (Å²) in [5.41, 5.74) is 8.69. The van der Waals surface area contributed by atoms with E-state index in [0.29, 0.717) is 26.3 Å². The molecule has 2 amide bonds. The first kappa shape index (κ1) is 11.3. The highest BCUT2D eigenvalue weighted by molar-refractivity contribution is 5.94. The van der Waals surface area contributed by atoms with Gasteiger partial charge in [0.05, 0.1) is 13.2 Å². The normalized spacial score (nSPS) is 18.9. The van der Waals surface area contributed by atoms with Crippen LogP contribution in [-0.2, 0) is 11.2 Å². The lowest BCUT2D eigenvalue weighted by atomic mass is 10.1. The SMILES string of the molecule is Nc1ccc2c(c1)CCN2C(=O)N1CCOCC1. The average molecular weight is 247 g/mol. The molecule has 1 fully saturated rings. The molecule has 2 N–H and O–H groups in total. The number of ether oxygens (including phenoxy) is 1. The van der Waals surface area contributed by atoms with Crippen molar-refractivity contribution in [1.29, 1.82) is 0 Å². The molecule has 3 rings (SSSR count). The molecular formula is C13H17N3O2. The van der Waals surface area contributed by atoms with Crippen molar-refractivity contribution >= 4 is 17.4 Å². The number of fused-ring (bicyclic) bond motifs is 1. The maximum Gasteiger partial charge on any atom is 0.324 e. The Bertz CT molecular complexity index is 469. The molecule has 1 aromatic carbocycles. The third-order valence-electron chi connectivity index (χ3n) is 3.51. The van der Waals surface area contributed by atoms with E-state index in [9.17, 15) is 4.79 Å². The van der Waals surface area contributed by atoms with Crippen LogP contribution in [0.25, 0.3) is 0 Å². The van der Waals surface area contributed by atoms with E-state index in [4.69, 9.17) is 10.5 Å². The standard InChI is InChI=1S/C13H17N3O2/c14-11-1-2-12-10(9-11)3-4-16(12)13(17)15-5-7-18-8-6-15/h1-2,9H,3-8,14H2. The van der Waals surface area contributed by atoms with Crippen molar-refractivity contribution in [2.75, 3.05) is 43.5 Å². The Morgan fingerprint density at radius 2 is 2.00 bits per heavy atom. The van der Waals surface area contributed by atoms with Gasteiger partial charge in [-0.3, -0.25) is 4.90 Å². The summed E-state index contributed by atoms with van der Waals surface area (Å²) in [6.07, 6.45) is 0.885. The van der Waals surface area contributed by atoms with E-state index in [-0.39, 0.29) is 6.03 Å². The molecule has 0 bridgehead atoms. The van der Waals surface area contributed by atoms with Gasteiger partial charge in [0.2, 0.25) is 0 Å². The molecule has 96 valence electrons. The molecule has 5 heteroatoms. The van der Waals surface area contributed by atoms with Gasteiger partial charge in [0.15, 0.2) is 0 Å². The highest BCUT2D eigenvalue weighted by Gasteiger charge is 2.29. The summed E-state index contributed by atoms with van der Waals surface area (Å²) in [4.78, 5) is 16.1. The second-order valence-corrected chi connectivity index (χ2v) is 4.67. The fourth-order valence-corrected chi connectivity index (χ4v) is 2.55. The van der Waals surface area contributed by atoms with Crippen molar-refractivity contribution in [2.24, 2.45) is 0 Å². The summed E-state index contributed by atoms with van der Waals surface area (Å²) in [6, 6.07) is 5.84.